The molecule has 30 heavy (non-hydrogen) atoms. The number of carbonyl (C=O) groups is 1. The number of ether oxygens (including phenoxy) is 2. The SMILES string of the molecule is O=C(OCCC#Cc1ccc(CN2CCOCC2)cc1)[C@@H]1C[C@H]1c1ccc(F)cc1. The molecule has 2 atom stereocenters. The van der Waals surface area contributed by atoms with Crippen LogP contribution < -0.4 is 0 Å². The van der Waals surface area contributed by atoms with Gasteiger partial charge >= 0.3 is 5.97 Å². The molecule has 1 aliphatic heterocycles. The zero-order chi connectivity index (χ0) is 20.8. The normalized spacial score (nSPS) is 20.8. The summed E-state index contributed by atoms with van der Waals surface area (Å²) in [7, 11) is 0. The van der Waals surface area contributed by atoms with Gasteiger partial charge in [-0.05, 0) is 47.7 Å². The van der Waals surface area contributed by atoms with Crippen LogP contribution in [0.3, 0.4) is 0 Å². The van der Waals surface area contributed by atoms with Crippen LogP contribution in [0.1, 0.15) is 35.4 Å². The van der Waals surface area contributed by atoms with Crippen LogP contribution in [0.5, 0.6) is 0 Å². The third kappa shape index (κ3) is 5.69. The predicted octanol–water partition coefficient (Wildman–Crippen LogP) is 3.75. The maximum Gasteiger partial charge on any atom is 0.309 e. The Balaban J connectivity index is 1.16. The number of hydrogen-bond acceptors (Lipinski definition) is 4. The largest absolute Gasteiger partial charge is 0.464 e. The first kappa shape index (κ1) is 20.6. The highest BCUT2D eigenvalue weighted by molar-refractivity contribution is 5.77. The molecule has 5 heteroatoms. The highest BCUT2D eigenvalue weighted by Gasteiger charge is 2.45. The molecule has 4 nitrogen and oxygen atoms in total. The summed E-state index contributed by atoms with van der Waals surface area (Å²) in [6.07, 6.45) is 1.28. The average molecular weight is 407 g/mol. The molecule has 2 aliphatic rings. The van der Waals surface area contributed by atoms with E-state index in [0.717, 1.165) is 50.4 Å². The van der Waals surface area contributed by atoms with Crippen LogP contribution in [0.15, 0.2) is 48.5 Å². The molecule has 0 aromatic heterocycles. The second kappa shape index (κ2) is 9.88. The van der Waals surface area contributed by atoms with Crippen LogP contribution in [-0.2, 0) is 20.8 Å². The molecule has 156 valence electrons. The summed E-state index contributed by atoms with van der Waals surface area (Å²) < 4.78 is 23.7. The summed E-state index contributed by atoms with van der Waals surface area (Å²) in [6, 6.07) is 14.6. The highest BCUT2D eigenvalue weighted by Crippen LogP contribution is 2.48. The van der Waals surface area contributed by atoms with Crippen molar-refractivity contribution in [2.24, 2.45) is 5.92 Å². The molecule has 2 fully saturated rings. The number of halogens is 1. The molecule has 1 saturated carbocycles. The first-order valence-electron chi connectivity index (χ1n) is 10.5. The quantitative estimate of drug-likeness (QED) is 0.415. The number of rotatable bonds is 6. The standard InChI is InChI=1S/C25H26FNO3/c26-22-10-8-21(9-11-22)23-17-24(23)25(28)30-14-2-1-3-19-4-6-20(7-5-19)18-27-12-15-29-16-13-27/h4-11,23-24H,2,12-18H2/t23-,24+/m0/s1. The fourth-order valence-corrected chi connectivity index (χ4v) is 3.72. The van der Waals surface area contributed by atoms with E-state index < -0.39 is 0 Å². The van der Waals surface area contributed by atoms with Crippen LogP contribution in [-0.4, -0.2) is 43.8 Å². The number of hydrogen-bond donors (Lipinski definition) is 0. The minimum absolute atomic E-state index is 0.109. The molecule has 0 bridgehead atoms. The summed E-state index contributed by atoms with van der Waals surface area (Å²) in [5.74, 6) is 5.80. The molecule has 0 radical (unpaired) electrons. The minimum atomic E-state index is -0.260. The van der Waals surface area contributed by atoms with Gasteiger partial charge < -0.3 is 9.47 Å². The molecule has 2 aromatic carbocycles. The molecule has 0 unspecified atom stereocenters. The number of esters is 1. The van der Waals surface area contributed by atoms with E-state index in [1.807, 2.05) is 12.1 Å². The maximum atomic E-state index is 13.0. The lowest BCUT2D eigenvalue weighted by Crippen LogP contribution is -2.35. The molecule has 1 saturated heterocycles. The van der Waals surface area contributed by atoms with Gasteiger partial charge in [-0.2, -0.15) is 0 Å². The van der Waals surface area contributed by atoms with Gasteiger partial charge in [0.25, 0.3) is 0 Å². The van der Waals surface area contributed by atoms with Crippen LogP contribution >= 0.6 is 0 Å². The number of nitrogens with zero attached hydrogens (tertiary/aromatic N) is 1. The average Bonchev–Trinajstić information content (AvgIpc) is 3.57. The minimum Gasteiger partial charge on any atom is -0.464 e. The van der Waals surface area contributed by atoms with Gasteiger partial charge in [-0.25, -0.2) is 4.39 Å². The fourth-order valence-electron chi connectivity index (χ4n) is 3.72. The summed E-state index contributed by atoms with van der Waals surface area (Å²) in [5, 5.41) is 0. The number of carbonyl (C=O) groups excluding carboxylic acids is 1. The zero-order valence-corrected chi connectivity index (χ0v) is 17.0. The van der Waals surface area contributed by atoms with E-state index in [0.29, 0.717) is 13.0 Å². The van der Waals surface area contributed by atoms with Crippen molar-refractivity contribution in [3.63, 3.8) is 0 Å². The van der Waals surface area contributed by atoms with Gasteiger partial charge in [0.15, 0.2) is 0 Å². The summed E-state index contributed by atoms with van der Waals surface area (Å²) in [6.45, 7) is 4.81. The molecule has 0 amide bonds. The van der Waals surface area contributed by atoms with E-state index in [1.165, 1.54) is 17.7 Å². The van der Waals surface area contributed by atoms with E-state index in [4.69, 9.17) is 9.47 Å². The summed E-state index contributed by atoms with van der Waals surface area (Å²) in [4.78, 5) is 14.5. The predicted molar refractivity (Wildman–Crippen MR) is 112 cm³/mol. The Morgan fingerprint density at radius 3 is 2.57 bits per heavy atom. The fraction of sp³-hybridized carbons (Fsp3) is 0.400. The zero-order valence-electron chi connectivity index (χ0n) is 17.0. The lowest BCUT2D eigenvalue weighted by Gasteiger charge is -2.26. The van der Waals surface area contributed by atoms with Gasteiger partial charge in [-0.3, -0.25) is 9.69 Å². The Bertz CT molecular complexity index is 908. The molecule has 2 aromatic rings. The second-order valence-corrected chi connectivity index (χ2v) is 7.80. The van der Waals surface area contributed by atoms with Gasteiger partial charge in [0, 0.05) is 31.6 Å². The first-order valence-corrected chi connectivity index (χ1v) is 10.5. The van der Waals surface area contributed by atoms with Crippen LogP contribution in [0.2, 0.25) is 0 Å². The van der Waals surface area contributed by atoms with Gasteiger partial charge in [0.2, 0.25) is 0 Å². The van der Waals surface area contributed by atoms with Crippen LogP contribution in [0, 0.1) is 23.6 Å². The highest BCUT2D eigenvalue weighted by atomic mass is 19.1. The Morgan fingerprint density at radius 2 is 1.83 bits per heavy atom. The van der Waals surface area contributed by atoms with E-state index in [2.05, 4.69) is 28.9 Å². The van der Waals surface area contributed by atoms with Gasteiger partial charge in [-0.15, -0.1) is 0 Å². The van der Waals surface area contributed by atoms with Gasteiger partial charge in [-0.1, -0.05) is 36.1 Å². The van der Waals surface area contributed by atoms with Crippen molar-refractivity contribution in [1.29, 1.82) is 0 Å². The molecule has 0 spiro atoms. The lowest BCUT2D eigenvalue weighted by molar-refractivity contribution is -0.145. The van der Waals surface area contributed by atoms with E-state index in [1.54, 1.807) is 12.1 Å². The Hall–Kier alpha value is -2.68. The van der Waals surface area contributed by atoms with Gasteiger partial charge in [0.05, 0.1) is 19.1 Å². The number of benzene rings is 2. The molecule has 1 aliphatic carbocycles. The van der Waals surface area contributed by atoms with Crippen molar-refractivity contribution in [3.05, 3.63) is 71.0 Å². The monoisotopic (exact) mass is 407 g/mol. The van der Waals surface area contributed by atoms with Crippen molar-refractivity contribution >= 4 is 5.97 Å². The van der Waals surface area contributed by atoms with E-state index in [-0.39, 0.29) is 23.6 Å². The topological polar surface area (TPSA) is 38.8 Å². The summed E-state index contributed by atoms with van der Waals surface area (Å²) in [5.41, 5.74) is 3.23. The van der Waals surface area contributed by atoms with Crippen molar-refractivity contribution in [3.8, 4) is 11.8 Å². The third-order valence-electron chi connectivity index (χ3n) is 5.56. The number of morpholine rings is 1. The second-order valence-electron chi connectivity index (χ2n) is 7.80. The van der Waals surface area contributed by atoms with E-state index in [9.17, 15) is 9.18 Å². The molecular formula is C25H26FNO3. The van der Waals surface area contributed by atoms with Crippen LogP contribution in [0.4, 0.5) is 4.39 Å². The van der Waals surface area contributed by atoms with Crippen molar-refractivity contribution in [2.45, 2.75) is 25.3 Å². The Kier molecular flexibility index (Phi) is 6.78. The molecular weight excluding hydrogens is 381 g/mol. The smallest absolute Gasteiger partial charge is 0.309 e. The first-order chi connectivity index (χ1) is 14.7. The Labute approximate surface area is 177 Å². The van der Waals surface area contributed by atoms with Crippen molar-refractivity contribution in [1.82, 2.24) is 4.90 Å². The molecule has 4 rings (SSSR count). The Morgan fingerprint density at radius 1 is 1.10 bits per heavy atom. The summed E-state index contributed by atoms with van der Waals surface area (Å²) >= 11 is 0. The molecule has 1 heterocycles. The van der Waals surface area contributed by atoms with Crippen molar-refractivity contribution in [2.75, 3.05) is 32.9 Å². The van der Waals surface area contributed by atoms with Crippen molar-refractivity contribution < 1.29 is 18.7 Å². The van der Waals surface area contributed by atoms with Crippen LogP contribution in [0.25, 0.3) is 0 Å². The molecule has 0 N–H and O–H groups in total. The maximum absolute atomic E-state index is 13.0. The third-order valence-corrected chi connectivity index (χ3v) is 5.56. The van der Waals surface area contributed by atoms with Gasteiger partial charge in [0.1, 0.15) is 12.4 Å². The van der Waals surface area contributed by atoms with E-state index >= 15 is 0 Å². The lowest BCUT2D eigenvalue weighted by atomic mass is 10.1.